The van der Waals surface area contributed by atoms with Gasteiger partial charge in [0.25, 0.3) is 0 Å². The molecule has 0 aliphatic carbocycles. The summed E-state index contributed by atoms with van der Waals surface area (Å²) >= 11 is 12.1. The Balaban J connectivity index is 2.21. The minimum Gasteiger partial charge on any atom is -0.497 e. The maximum atomic E-state index is 7.49. The molecule has 6 heteroatoms. The van der Waals surface area contributed by atoms with E-state index in [1.165, 1.54) is 7.11 Å². The minimum atomic E-state index is -0.0560. The Morgan fingerprint density at radius 1 is 1.19 bits per heavy atom. The molecule has 0 amide bonds. The van der Waals surface area contributed by atoms with Gasteiger partial charge >= 0.3 is 0 Å². The van der Waals surface area contributed by atoms with Gasteiger partial charge in [-0.15, -0.1) is 0 Å². The molecule has 0 saturated heterocycles. The quantitative estimate of drug-likeness (QED) is 0.648. The largest absolute Gasteiger partial charge is 0.497 e. The lowest BCUT2D eigenvalue weighted by atomic mass is 10.2. The van der Waals surface area contributed by atoms with Gasteiger partial charge in [-0.05, 0) is 18.2 Å². The summed E-state index contributed by atoms with van der Waals surface area (Å²) in [5, 5.41) is 8.44. The van der Waals surface area contributed by atoms with Crippen LogP contribution in [-0.4, -0.2) is 12.9 Å². The van der Waals surface area contributed by atoms with Crippen LogP contribution in [-0.2, 0) is 6.61 Å². The lowest BCUT2D eigenvalue weighted by Gasteiger charge is -2.11. The minimum absolute atomic E-state index is 0.0560. The zero-order valence-corrected chi connectivity index (χ0v) is 12.8. The van der Waals surface area contributed by atoms with Crippen molar-refractivity contribution in [1.29, 1.82) is 5.41 Å². The van der Waals surface area contributed by atoms with Gasteiger partial charge in [0, 0.05) is 17.2 Å². The number of halogens is 2. The van der Waals surface area contributed by atoms with Crippen molar-refractivity contribution in [3.63, 3.8) is 0 Å². The van der Waals surface area contributed by atoms with Crippen LogP contribution in [0.4, 0.5) is 0 Å². The smallest absolute Gasteiger partial charge is 0.124 e. The summed E-state index contributed by atoms with van der Waals surface area (Å²) in [5.74, 6) is 1.05. The zero-order chi connectivity index (χ0) is 15.4. The fourth-order valence-electron chi connectivity index (χ4n) is 1.75. The summed E-state index contributed by atoms with van der Waals surface area (Å²) < 4.78 is 10.8. The average molecular weight is 325 g/mol. The van der Waals surface area contributed by atoms with Gasteiger partial charge < -0.3 is 15.2 Å². The number of nitrogen functional groups attached to an aromatic ring is 1. The first-order chi connectivity index (χ1) is 10.0. The van der Waals surface area contributed by atoms with E-state index < -0.39 is 0 Å². The van der Waals surface area contributed by atoms with Gasteiger partial charge in [0.15, 0.2) is 0 Å². The van der Waals surface area contributed by atoms with Crippen molar-refractivity contribution in [3.8, 4) is 11.5 Å². The monoisotopic (exact) mass is 324 g/mol. The first-order valence-corrected chi connectivity index (χ1v) is 6.86. The van der Waals surface area contributed by atoms with Crippen molar-refractivity contribution < 1.29 is 9.47 Å². The van der Waals surface area contributed by atoms with Gasteiger partial charge in [-0.3, -0.25) is 5.41 Å². The Hall–Kier alpha value is -1.91. The number of amidine groups is 1. The molecular formula is C15H14Cl2N2O2. The number of nitrogens with one attached hydrogen (secondary N) is 1. The second kappa shape index (κ2) is 6.70. The van der Waals surface area contributed by atoms with Crippen LogP contribution in [0.25, 0.3) is 0 Å². The number of hydrogen-bond acceptors (Lipinski definition) is 3. The molecular weight excluding hydrogens is 311 g/mol. The lowest BCUT2D eigenvalue weighted by molar-refractivity contribution is 0.303. The molecule has 0 aliphatic heterocycles. The maximum Gasteiger partial charge on any atom is 0.124 e. The van der Waals surface area contributed by atoms with Crippen LogP contribution in [0.2, 0.25) is 10.0 Å². The number of ether oxygens (including phenoxy) is 2. The van der Waals surface area contributed by atoms with Crippen molar-refractivity contribution in [2.45, 2.75) is 6.61 Å². The Bertz CT molecular complexity index is 675. The molecule has 0 fully saturated rings. The highest BCUT2D eigenvalue weighted by atomic mass is 35.5. The molecule has 110 valence electrons. The van der Waals surface area contributed by atoms with Gasteiger partial charge in [-0.25, -0.2) is 0 Å². The molecule has 0 spiro atoms. The van der Waals surface area contributed by atoms with Gasteiger partial charge in [-0.1, -0.05) is 35.3 Å². The predicted octanol–water partition coefficient (Wildman–Crippen LogP) is 3.87. The van der Waals surface area contributed by atoms with Crippen LogP contribution in [0.3, 0.4) is 0 Å². The fourth-order valence-corrected chi connectivity index (χ4v) is 2.12. The van der Waals surface area contributed by atoms with Gasteiger partial charge in [0.2, 0.25) is 0 Å². The summed E-state index contributed by atoms with van der Waals surface area (Å²) in [6.45, 7) is 0.254. The fraction of sp³-hybridized carbons (Fsp3) is 0.133. The molecule has 0 unspecified atom stereocenters. The van der Waals surface area contributed by atoms with E-state index >= 15 is 0 Å². The molecule has 4 nitrogen and oxygen atoms in total. The van der Waals surface area contributed by atoms with E-state index in [2.05, 4.69) is 0 Å². The number of hydrogen-bond donors (Lipinski definition) is 2. The topological polar surface area (TPSA) is 68.3 Å². The molecule has 0 heterocycles. The van der Waals surface area contributed by atoms with E-state index in [9.17, 15) is 0 Å². The third-order valence-corrected chi connectivity index (χ3v) is 3.71. The zero-order valence-electron chi connectivity index (χ0n) is 11.3. The van der Waals surface area contributed by atoms with Crippen molar-refractivity contribution in [3.05, 3.63) is 57.6 Å². The van der Waals surface area contributed by atoms with Gasteiger partial charge in [-0.2, -0.15) is 0 Å². The van der Waals surface area contributed by atoms with E-state index in [1.807, 2.05) is 6.07 Å². The van der Waals surface area contributed by atoms with Crippen LogP contribution in [0.1, 0.15) is 11.1 Å². The van der Waals surface area contributed by atoms with Gasteiger partial charge in [0.1, 0.15) is 23.9 Å². The average Bonchev–Trinajstić information content (AvgIpc) is 2.48. The Morgan fingerprint density at radius 3 is 2.57 bits per heavy atom. The van der Waals surface area contributed by atoms with Crippen molar-refractivity contribution >= 4 is 29.0 Å². The summed E-state index contributed by atoms with van der Waals surface area (Å²) in [6, 6.07) is 10.4. The number of nitrogens with two attached hydrogens (primary N) is 1. The second-order valence-electron chi connectivity index (χ2n) is 4.31. The number of benzene rings is 2. The highest BCUT2D eigenvalue weighted by molar-refractivity contribution is 6.42. The number of rotatable bonds is 5. The maximum absolute atomic E-state index is 7.49. The van der Waals surface area contributed by atoms with Gasteiger partial charge in [0.05, 0.1) is 17.2 Å². The van der Waals surface area contributed by atoms with Crippen LogP contribution in [0.5, 0.6) is 11.5 Å². The molecule has 0 radical (unpaired) electrons. The lowest BCUT2D eigenvalue weighted by Crippen LogP contribution is -2.11. The molecule has 0 aliphatic rings. The van der Waals surface area contributed by atoms with Crippen LogP contribution < -0.4 is 15.2 Å². The predicted molar refractivity (Wildman–Crippen MR) is 84.8 cm³/mol. The molecule has 0 saturated carbocycles. The summed E-state index contributed by atoms with van der Waals surface area (Å²) in [4.78, 5) is 0. The summed E-state index contributed by atoms with van der Waals surface area (Å²) in [7, 11) is 1.54. The van der Waals surface area contributed by atoms with Crippen LogP contribution >= 0.6 is 23.2 Å². The van der Waals surface area contributed by atoms with E-state index in [0.717, 1.165) is 5.56 Å². The molecule has 2 aromatic carbocycles. The summed E-state index contributed by atoms with van der Waals surface area (Å²) in [5.41, 5.74) is 6.79. The molecule has 3 N–H and O–H groups in total. The molecule has 21 heavy (non-hydrogen) atoms. The Morgan fingerprint density at radius 2 is 1.90 bits per heavy atom. The third-order valence-electron chi connectivity index (χ3n) is 2.85. The first-order valence-electron chi connectivity index (χ1n) is 6.10. The molecule has 0 aromatic heterocycles. The first kappa shape index (κ1) is 15.5. The second-order valence-corrected chi connectivity index (χ2v) is 5.10. The van der Waals surface area contributed by atoms with Crippen molar-refractivity contribution in [2.75, 3.05) is 7.11 Å². The van der Waals surface area contributed by atoms with E-state index in [-0.39, 0.29) is 12.4 Å². The Kier molecular flexibility index (Phi) is 4.94. The van der Waals surface area contributed by atoms with E-state index in [0.29, 0.717) is 27.1 Å². The highest BCUT2D eigenvalue weighted by Gasteiger charge is 2.08. The molecule has 0 atom stereocenters. The summed E-state index contributed by atoms with van der Waals surface area (Å²) in [6.07, 6.45) is 0. The SMILES string of the molecule is COc1cc(OCc2cccc(Cl)c2Cl)cc(C(=N)N)c1. The van der Waals surface area contributed by atoms with Crippen molar-refractivity contribution in [2.24, 2.45) is 5.73 Å². The van der Waals surface area contributed by atoms with E-state index in [1.54, 1.807) is 30.3 Å². The molecule has 2 rings (SSSR count). The Labute approximate surface area is 132 Å². The van der Waals surface area contributed by atoms with Crippen LogP contribution in [0, 0.1) is 5.41 Å². The third kappa shape index (κ3) is 3.80. The highest BCUT2D eigenvalue weighted by Crippen LogP contribution is 2.28. The standard InChI is InChI=1S/C15H14Cl2N2O2/c1-20-11-5-10(15(18)19)6-12(7-11)21-8-9-3-2-4-13(16)14(9)17/h2-7H,8H2,1H3,(H3,18,19). The normalized spacial score (nSPS) is 10.2. The van der Waals surface area contributed by atoms with Crippen molar-refractivity contribution in [1.82, 2.24) is 0 Å². The molecule has 0 bridgehead atoms. The van der Waals surface area contributed by atoms with E-state index in [4.69, 9.17) is 43.8 Å². The van der Waals surface area contributed by atoms with Crippen LogP contribution in [0.15, 0.2) is 36.4 Å². The molecule has 2 aromatic rings. The number of methoxy groups -OCH3 is 1.